The average molecular weight is 249 g/mol. The molecule has 8 nitrogen and oxygen atoms in total. The second-order valence-electron chi connectivity index (χ2n) is 3.62. The van der Waals surface area contributed by atoms with Gasteiger partial charge in [0, 0.05) is 24.7 Å². The maximum atomic E-state index is 10.8. The SMILES string of the molecule is Cc1cnc(NCCc2ncno2)cc1[N+](=O)[O-]. The molecule has 0 aliphatic carbocycles. The maximum absolute atomic E-state index is 10.8. The van der Waals surface area contributed by atoms with Gasteiger partial charge in [0.2, 0.25) is 5.89 Å². The first-order chi connectivity index (χ1) is 8.66. The quantitative estimate of drug-likeness (QED) is 0.629. The second-order valence-corrected chi connectivity index (χ2v) is 3.62. The summed E-state index contributed by atoms with van der Waals surface area (Å²) in [5.74, 6) is 0.955. The molecule has 0 spiro atoms. The molecule has 0 amide bonds. The molecule has 0 fully saturated rings. The molecule has 2 aromatic rings. The minimum atomic E-state index is -0.430. The minimum absolute atomic E-state index is 0.0466. The summed E-state index contributed by atoms with van der Waals surface area (Å²) in [5, 5.41) is 17.2. The monoisotopic (exact) mass is 249 g/mol. The number of aromatic nitrogens is 3. The van der Waals surface area contributed by atoms with Crippen molar-refractivity contribution in [1.82, 2.24) is 15.1 Å². The molecule has 0 unspecified atom stereocenters. The van der Waals surface area contributed by atoms with Gasteiger partial charge in [-0.15, -0.1) is 0 Å². The van der Waals surface area contributed by atoms with Crippen LogP contribution in [0.5, 0.6) is 0 Å². The number of hydrogen-bond donors (Lipinski definition) is 1. The van der Waals surface area contributed by atoms with Crippen LogP contribution in [0.4, 0.5) is 11.5 Å². The van der Waals surface area contributed by atoms with Crippen molar-refractivity contribution in [3.05, 3.63) is 40.2 Å². The van der Waals surface area contributed by atoms with Crippen LogP contribution in [0.25, 0.3) is 0 Å². The Morgan fingerprint density at radius 3 is 3.00 bits per heavy atom. The maximum Gasteiger partial charge on any atom is 0.277 e. The second kappa shape index (κ2) is 5.21. The Morgan fingerprint density at radius 1 is 1.50 bits per heavy atom. The van der Waals surface area contributed by atoms with Crippen molar-refractivity contribution in [2.45, 2.75) is 13.3 Å². The number of rotatable bonds is 5. The lowest BCUT2D eigenvalue weighted by Crippen LogP contribution is -2.07. The fourth-order valence-corrected chi connectivity index (χ4v) is 1.41. The Kier molecular flexibility index (Phi) is 3.46. The summed E-state index contributed by atoms with van der Waals surface area (Å²) in [6, 6.07) is 1.41. The van der Waals surface area contributed by atoms with Gasteiger partial charge in [-0.25, -0.2) is 4.98 Å². The highest BCUT2D eigenvalue weighted by Gasteiger charge is 2.11. The summed E-state index contributed by atoms with van der Waals surface area (Å²) in [4.78, 5) is 18.2. The Hall–Kier alpha value is -2.51. The van der Waals surface area contributed by atoms with E-state index in [1.165, 1.54) is 18.6 Å². The lowest BCUT2D eigenvalue weighted by atomic mass is 10.2. The number of hydrogen-bond acceptors (Lipinski definition) is 7. The highest BCUT2D eigenvalue weighted by molar-refractivity contribution is 5.48. The summed E-state index contributed by atoms with van der Waals surface area (Å²) < 4.78 is 4.82. The number of aryl methyl sites for hydroxylation is 1. The average Bonchev–Trinajstić information content (AvgIpc) is 2.84. The molecule has 8 heteroatoms. The number of pyridine rings is 1. The first kappa shape index (κ1) is 12.0. The van der Waals surface area contributed by atoms with Crippen LogP contribution < -0.4 is 5.32 Å². The zero-order valence-electron chi connectivity index (χ0n) is 9.66. The van der Waals surface area contributed by atoms with Crippen molar-refractivity contribution in [2.75, 3.05) is 11.9 Å². The summed E-state index contributed by atoms with van der Waals surface area (Å²) >= 11 is 0. The van der Waals surface area contributed by atoms with E-state index in [2.05, 4.69) is 20.4 Å². The molecule has 0 atom stereocenters. The Labute approximate surface area is 102 Å². The highest BCUT2D eigenvalue weighted by Crippen LogP contribution is 2.19. The van der Waals surface area contributed by atoms with Gasteiger partial charge in [0.25, 0.3) is 5.69 Å². The van der Waals surface area contributed by atoms with Crippen LogP contribution in [-0.4, -0.2) is 26.6 Å². The fourth-order valence-electron chi connectivity index (χ4n) is 1.41. The lowest BCUT2D eigenvalue weighted by molar-refractivity contribution is -0.385. The van der Waals surface area contributed by atoms with E-state index in [-0.39, 0.29) is 5.69 Å². The van der Waals surface area contributed by atoms with Gasteiger partial charge in [-0.1, -0.05) is 5.16 Å². The van der Waals surface area contributed by atoms with Crippen LogP contribution in [0, 0.1) is 17.0 Å². The third kappa shape index (κ3) is 2.78. The third-order valence-corrected chi connectivity index (χ3v) is 2.32. The Balaban J connectivity index is 1.97. The predicted molar refractivity (Wildman–Crippen MR) is 62.1 cm³/mol. The van der Waals surface area contributed by atoms with E-state index in [4.69, 9.17) is 4.52 Å². The summed E-state index contributed by atoms with van der Waals surface area (Å²) in [6.45, 7) is 2.16. The first-order valence-electron chi connectivity index (χ1n) is 5.27. The van der Waals surface area contributed by atoms with Gasteiger partial charge in [-0.3, -0.25) is 10.1 Å². The van der Waals surface area contributed by atoms with Crippen molar-refractivity contribution >= 4 is 11.5 Å². The molecule has 0 aliphatic heterocycles. The summed E-state index contributed by atoms with van der Waals surface area (Å²) in [7, 11) is 0. The van der Waals surface area contributed by atoms with Gasteiger partial charge >= 0.3 is 0 Å². The smallest absolute Gasteiger partial charge is 0.277 e. The molecule has 0 aromatic carbocycles. The van der Waals surface area contributed by atoms with E-state index in [1.807, 2.05) is 0 Å². The summed E-state index contributed by atoms with van der Waals surface area (Å²) in [6.07, 6.45) is 3.32. The lowest BCUT2D eigenvalue weighted by Gasteiger charge is -2.04. The molecule has 0 radical (unpaired) electrons. The molecular weight excluding hydrogens is 238 g/mol. The molecule has 2 aromatic heterocycles. The molecule has 1 N–H and O–H groups in total. The van der Waals surface area contributed by atoms with Crippen LogP contribution in [0.15, 0.2) is 23.1 Å². The van der Waals surface area contributed by atoms with Crippen LogP contribution in [0.3, 0.4) is 0 Å². The van der Waals surface area contributed by atoms with E-state index in [0.29, 0.717) is 30.2 Å². The van der Waals surface area contributed by atoms with Crippen molar-refractivity contribution < 1.29 is 9.45 Å². The molecule has 0 aliphatic rings. The van der Waals surface area contributed by atoms with Gasteiger partial charge in [0.1, 0.15) is 5.82 Å². The van der Waals surface area contributed by atoms with Crippen molar-refractivity contribution in [2.24, 2.45) is 0 Å². The van der Waals surface area contributed by atoms with Gasteiger partial charge in [-0.05, 0) is 6.92 Å². The predicted octanol–water partition coefficient (Wildman–Crippen LogP) is 1.34. The topological polar surface area (TPSA) is 107 Å². The number of anilines is 1. The number of nitrogens with one attached hydrogen (secondary N) is 1. The highest BCUT2D eigenvalue weighted by atomic mass is 16.6. The molecule has 0 saturated heterocycles. The van der Waals surface area contributed by atoms with Crippen LogP contribution in [-0.2, 0) is 6.42 Å². The van der Waals surface area contributed by atoms with E-state index in [1.54, 1.807) is 6.92 Å². The van der Waals surface area contributed by atoms with E-state index in [0.717, 1.165) is 0 Å². The first-order valence-corrected chi connectivity index (χ1v) is 5.27. The van der Waals surface area contributed by atoms with Crippen molar-refractivity contribution in [3.63, 3.8) is 0 Å². The van der Waals surface area contributed by atoms with Crippen LogP contribution in [0.1, 0.15) is 11.5 Å². The zero-order chi connectivity index (χ0) is 13.0. The standard InChI is InChI=1S/C10H11N5O3/c1-7-5-12-9(4-8(7)15(16)17)11-3-2-10-13-6-14-18-10/h4-6H,2-3H2,1H3,(H,11,12). The van der Waals surface area contributed by atoms with Gasteiger partial charge in [0.15, 0.2) is 6.33 Å². The van der Waals surface area contributed by atoms with Crippen LogP contribution >= 0.6 is 0 Å². The molecule has 0 saturated carbocycles. The number of nitrogens with zero attached hydrogens (tertiary/aromatic N) is 4. The van der Waals surface area contributed by atoms with Gasteiger partial charge < -0.3 is 9.84 Å². The molecule has 2 heterocycles. The van der Waals surface area contributed by atoms with E-state index < -0.39 is 4.92 Å². The van der Waals surface area contributed by atoms with Crippen LogP contribution in [0.2, 0.25) is 0 Å². The molecule has 18 heavy (non-hydrogen) atoms. The number of nitro groups is 1. The fraction of sp³-hybridized carbons (Fsp3) is 0.300. The zero-order valence-corrected chi connectivity index (χ0v) is 9.66. The Morgan fingerprint density at radius 2 is 2.33 bits per heavy atom. The van der Waals surface area contributed by atoms with E-state index >= 15 is 0 Å². The molecule has 0 bridgehead atoms. The van der Waals surface area contributed by atoms with E-state index in [9.17, 15) is 10.1 Å². The molecular formula is C10H11N5O3. The summed E-state index contributed by atoms with van der Waals surface area (Å²) in [5.41, 5.74) is 0.577. The molecule has 2 rings (SSSR count). The third-order valence-electron chi connectivity index (χ3n) is 2.32. The van der Waals surface area contributed by atoms with Gasteiger partial charge in [0.05, 0.1) is 11.0 Å². The largest absolute Gasteiger partial charge is 0.369 e. The van der Waals surface area contributed by atoms with Crippen molar-refractivity contribution in [1.29, 1.82) is 0 Å². The Bertz CT molecular complexity index is 540. The van der Waals surface area contributed by atoms with Gasteiger partial charge in [-0.2, -0.15) is 4.98 Å². The normalized spacial score (nSPS) is 10.3. The molecule has 94 valence electrons. The van der Waals surface area contributed by atoms with Crippen molar-refractivity contribution in [3.8, 4) is 0 Å². The minimum Gasteiger partial charge on any atom is -0.369 e.